The quantitative estimate of drug-likeness (QED) is 0.362. The minimum Gasteiger partial charge on any atom is -0.475 e. The van der Waals surface area contributed by atoms with Gasteiger partial charge in [0.05, 0.1) is 0 Å². The summed E-state index contributed by atoms with van der Waals surface area (Å²) < 4.78 is 26.8. The maximum Gasteiger partial charge on any atom is 0.494 e. The van der Waals surface area contributed by atoms with E-state index in [1.165, 1.54) is 20.4 Å². The van der Waals surface area contributed by atoms with Crippen molar-refractivity contribution in [2.75, 3.05) is 27.5 Å². The predicted octanol–water partition coefficient (Wildman–Crippen LogP) is 1.78. The zero-order valence-corrected chi connectivity index (χ0v) is 9.90. The molecule has 4 nitrogen and oxygen atoms in total. The number of allylic oxidation sites excluding steroid dienone is 2. The number of halogens is 1. The molecule has 0 rings (SSSR count). The molecule has 0 bridgehead atoms. The number of aliphatic imine (C=N–C) groups is 1. The third-order valence-corrected chi connectivity index (χ3v) is 1.74. The molecule has 0 atom stereocenters. The number of nitrogens with zero attached hydrogens (tertiary/aromatic N) is 1. The standard InChI is InChI=1S/C10H17BFNO3/c1-5-10(11(14-3)15-4)8-13-9(2)16-7-6-12/h5,8H,2,6-7H2,1,3-4H3/b10-5+,13-8-. The van der Waals surface area contributed by atoms with Crippen molar-refractivity contribution in [1.29, 1.82) is 0 Å². The van der Waals surface area contributed by atoms with Crippen molar-refractivity contribution in [3.05, 3.63) is 24.0 Å². The Balaban J connectivity index is 4.32. The molecule has 0 radical (unpaired) electrons. The average Bonchev–Trinajstić information content (AvgIpc) is 2.31. The van der Waals surface area contributed by atoms with E-state index in [0.717, 1.165) is 5.47 Å². The largest absolute Gasteiger partial charge is 0.494 e. The van der Waals surface area contributed by atoms with Crippen LogP contribution in [0.3, 0.4) is 0 Å². The van der Waals surface area contributed by atoms with Crippen LogP contribution in [0, 0.1) is 0 Å². The Morgan fingerprint density at radius 1 is 1.44 bits per heavy atom. The Bertz CT molecular complexity index is 265. The lowest BCUT2D eigenvalue weighted by atomic mass is 9.78. The van der Waals surface area contributed by atoms with Crippen molar-refractivity contribution >= 4 is 13.3 Å². The molecule has 0 saturated carbocycles. The van der Waals surface area contributed by atoms with Gasteiger partial charge in [-0.25, -0.2) is 9.38 Å². The zero-order valence-electron chi connectivity index (χ0n) is 9.90. The molecular weight excluding hydrogens is 212 g/mol. The van der Waals surface area contributed by atoms with E-state index in [-0.39, 0.29) is 12.5 Å². The number of hydrogen-bond donors (Lipinski definition) is 0. The summed E-state index contributed by atoms with van der Waals surface area (Å²) in [5.74, 6) is 0.156. The lowest BCUT2D eigenvalue weighted by Crippen LogP contribution is -2.23. The molecule has 0 aromatic heterocycles. The second-order valence-corrected chi connectivity index (χ2v) is 2.78. The summed E-state index contributed by atoms with van der Waals surface area (Å²) in [6.45, 7) is 4.74. The predicted molar refractivity (Wildman–Crippen MR) is 63.1 cm³/mol. The first-order valence-electron chi connectivity index (χ1n) is 4.83. The monoisotopic (exact) mass is 229 g/mol. The molecule has 0 aliphatic heterocycles. The summed E-state index contributed by atoms with van der Waals surface area (Å²) in [7, 11) is 2.57. The fourth-order valence-electron chi connectivity index (χ4n) is 0.980. The highest BCUT2D eigenvalue weighted by Gasteiger charge is 2.18. The van der Waals surface area contributed by atoms with Gasteiger partial charge in [-0.15, -0.1) is 0 Å². The summed E-state index contributed by atoms with van der Waals surface area (Å²) >= 11 is 0. The number of rotatable bonds is 8. The van der Waals surface area contributed by atoms with E-state index >= 15 is 0 Å². The van der Waals surface area contributed by atoms with Gasteiger partial charge >= 0.3 is 7.12 Å². The smallest absolute Gasteiger partial charge is 0.475 e. The number of hydrogen-bond acceptors (Lipinski definition) is 4. The fraction of sp³-hybridized carbons (Fsp3) is 0.500. The van der Waals surface area contributed by atoms with Crippen LogP contribution in [0.25, 0.3) is 0 Å². The molecule has 16 heavy (non-hydrogen) atoms. The SMILES string of the molecule is C=C(/N=C\C(=C/C)B(OC)OC)OCCF. The molecule has 6 heteroatoms. The van der Waals surface area contributed by atoms with E-state index in [2.05, 4.69) is 11.6 Å². The van der Waals surface area contributed by atoms with Crippen LogP contribution in [0.2, 0.25) is 0 Å². The highest BCUT2D eigenvalue weighted by atomic mass is 19.1. The summed E-state index contributed by atoms with van der Waals surface area (Å²) in [6.07, 6.45) is 3.31. The molecule has 0 aliphatic rings. The van der Waals surface area contributed by atoms with Gasteiger partial charge in [-0.3, -0.25) is 0 Å². The van der Waals surface area contributed by atoms with Gasteiger partial charge in [-0.2, -0.15) is 0 Å². The molecule has 0 amide bonds. The highest BCUT2D eigenvalue weighted by Crippen LogP contribution is 2.02. The molecule has 0 N–H and O–H groups in total. The Morgan fingerprint density at radius 2 is 2.06 bits per heavy atom. The molecule has 0 fully saturated rings. The van der Waals surface area contributed by atoms with Crippen LogP contribution in [0.4, 0.5) is 4.39 Å². The molecule has 0 aromatic rings. The summed E-state index contributed by atoms with van der Waals surface area (Å²) in [4.78, 5) is 3.91. The minimum atomic E-state index is -0.566. The number of ether oxygens (including phenoxy) is 1. The summed E-state index contributed by atoms with van der Waals surface area (Å²) in [5, 5.41) is 0. The molecule has 0 heterocycles. The van der Waals surface area contributed by atoms with Crippen LogP contribution in [0.5, 0.6) is 0 Å². The first-order valence-corrected chi connectivity index (χ1v) is 4.83. The molecular formula is C10H17BFNO3. The second-order valence-electron chi connectivity index (χ2n) is 2.78. The Morgan fingerprint density at radius 3 is 2.50 bits per heavy atom. The van der Waals surface area contributed by atoms with Crippen molar-refractivity contribution in [1.82, 2.24) is 0 Å². The van der Waals surface area contributed by atoms with E-state index < -0.39 is 13.8 Å². The minimum absolute atomic E-state index is 0.0423. The Hall–Kier alpha value is -1.14. The van der Waals surface area contributed by atoms with Gasteiger partial charge in [0, 0.05) is 20.4 Å². The zero-order chi connectivity index (χ0) is 12.4. The fourth-order valence-corrected chi connectivity index (χ4v) is 0.980. The Kier molecular flexibility index (Phi) is 8.47. The van der Waals surface area contributed by atoms with Crippen molar-refractivity contribution in [3.8, 4) is 0 Å². The van der Waals surface area contributed by atoms with Crippen LogP contribution < -0.4 is 0 Å². The molecule has 0 aromatic carbocycles. The third-order valence-electron chi connectivity index (χ3n) is 1.74. The van der Waals surface area contributed by atoms with Crippen LogP contribution in [0.1, 0.15) is 6.92 Å². The van der Waals surface area contributed by atoms with E-state index in [1.807, 2.05) is 6.92 Å². The molecule has 0 unspecified atom stereocenters. The Labute approximate surface area is 95.9 Å². The first kappa shape index (κ1) is 14.9. The van der Waals surface area contributed by atoms with Crippen LogP contribution >= 0.6 is 0 Å². The second kappa shape index (κ2) is 9.12. The molecule has 0 saturated heterocycles. The van der Waals surface area contributed by atoms with Crippen molar-refractivity contribution in [2.24, 2.45) is 4.99 Å². The van der Waals surface area contributed by atoms with Gasteiger partial charge < -0.3 is 14.0 Å². The molecule has 0 aliphatic carbocycles. The van der Waals surface area contributed by atoms with Gasteiger partial charge in [0.15, 0.2) is 0 Å². The van der Waals surface area contributed by atoms with Crippen molar-refractivity contribution in [3.63, 3.8) is 0 Å². The van der Waals surface area contributed by atoms with Gasteiger partial charge in [0.2, 0.25) is 5.88 Å². The van der Waals surface area contributed by atoms with E-state index in [9.17, 15) is 4.39 Å². The topological polar surface area (TPSA) is 40.0 Å². The van der Waals surface area contributed by atoms with E-state index in [4.69, 9.17) is 14.0 Å². The maximum atomic E-state index is 11.8. The van der Waals surface area contributed by atoms with Gasteiger partial charge in [0.1, 0.15) is 13.3 Å². The molecule has 0 spiro atoms. The van der Waals surface area contributed by atoms with Crippen molar-refractivity contribution < 1.29 is 18.4 Å². The first-order chi connectivity index (χ1) is 7.69. The van der Waals surface area contributed by atoms with Crippen molar-refractivity contribution in [2.45, 2.75) is 6.92 Å². The normalized spacial score (nSPS) is 11.9. The average molecular weight is 229 g/mol. The van der Waals surface area contributed by atoms with E-state index in [0.29, 0.717) is 0 Å². The maximum absolute atomic E-state index is 11.8. The van der Waals surface area contributed by atoms with Crippen LogP contribution in [-0.2, 0) is 14.0 Å². The lowest BCUT2D eigenvalue weighted by Gasteiger charge is -2.08. The van der Waals surface area contributed by atoms with Crippen LogP contribution in [0.15, 0.2) is 29.0 Å². The lowest BCUT2D eigenvalue weighted by molar-refractivity contribution is 0.187. The van der Waals surface area contributed by atoms with Crippen LogP contribution in [-0.4, -0.2) is 40.8 Å². The summed E-state index contributed by atoms with van der Waals surface area (Å²) in [5.41, 5.74) is 0.731. The highest BCUT2D eigenvalue weighted by molar-refractivity contribution is 6.59. The summed E-state index contributed by atoms with van der Waals surface area (Å²) in [6, 6.07) is 0. The van der Waals surface area contributed by atoms with Gasteiger partial charge in [0.25, 0.3) is 0 Å². The van der Waals surface area contributed by atoms with Gasteiger partial charge in [-0.1, -0.05) is 6.08 Å². The number of alkyl halides is 1. The third kappa shape index (κ3) is 5.67. The molecule has 90 valence electrons. The van der Waals surface area contributed by atoms with Gasteiger partial charge in [-0.05, 0) is 19.0 Å². The van der Waals surface area contributed by atoms with E-state index in [1.54, 1.807) is 6.08 Å².